The third kappa shape index (κ3) is 4.29. The standard InChI is InChI=1S/C15H20BrN3O5/c1-2-3-12(22)17-14-9(4-5-16)7-19(15(23)18-14)13-6-10(21)11(8-20)24-13/h4-5,7,10-11,13,20-21H,2-3,6,8H2,1H3,(H,17,18,22,23)/b5-4+/t10-,11+,13+/m0/s1. The molecule has 2 rings (SSSR count). The predicted molar refractivity (Wildman–Crippen MR) is 91.6 cm³/mol. The molecule has 0 aliphatic carbocycles. The molecule has 1 fully saturated rings. The minimum absolute atomic E-state index is 0.169. The molecule has 1 aliphatic rings. The molecular formula is C15H20BrN3O5. The minimum Gasteiger partial charge on any atom is -0.394 e. The number of aliphatic hydroxyl groups is 2. The van der Waals surface area contributed by atoms with Crippen LogP contribution in [0, 0.1) is 0 Å². The Labute approximate surface area is 147 Å². The largest absolute Gasteiger partial charge is 0.394 e. The molecule has 0 spiro atoms. The van der Waals surface area contributed by atoms with Gasteiger partial charge in [-0.25, -0.2) is 4.79 Å². The summed E-state index contributed by atoms with van der Waals surface area (Å²) in [5.41, 5.74) is -0.0919. The van der Waals surface area contributed by atoms with Crippen LogP contribution in [-0.4, -0.2) is 44.5 Å². The van der Waals surface area contributed by atoms with Gasteiger partial charge in [0.15, 0.2) is 0 Å². The number of rotatable bonds is 6. The normalized spacial score (nSPS) is 23.8. The van der Waals surface area contributed by atoms with Crippen molar-refractivity contribution in [1.82, 2.24) is 9.55 Å². The van der Waals surface area contributed by atoms with Crippen molar-refractivity contribution >= 4 is 33.7 Å². The summed E-state index contributed by atoms with van der Waals surface area (Å²) < 4.78 is 6.73. The monoisotopic (exact) mass is 401 g/mol. The zero-order valence-corrected chi connectivity index (χ0v) is 14.8. The van der Waals surface area contributed by atoms with E-state index in [2.05, 4.69) is 26.2 Å². The van der Waals surface area contributed by atoms with Crippen molar-refractivity contribution < 1.29 is 19.7 Å². The highest BCUT2D eigenvalue weighted by atomic mass is 79.9. The molecule has 0 saturated carbocycles. The van der Waals surface area contributed by atoms with Crippen LogP contribution in [0.25, 0.3) is 6.08 Å². The van der Waals surface area contributed by atoms with E-state index in [4.69, 9.17) is 9.84 Å². The summed E-state index contributed by atoms with van der Waals surface area (Å²) >= 11 is 3.16. The molecule has 3 N–H and O–H groups in total. The number of carbonyl (C=O) groups excluding carboxylic acids is 1. The predicted octanol–water partition coefficient (Wildman–Crippen LogP) is 0.988. The maximum Gasteiger partial charge on any atom is 0.351 e. The van der Waals surface area contributed by atoms with Gasteiger partial charge in [-0.2, -0.15) is 4.98 Å². The molecule has 8 nitrogen and oxygen atoms in total. The van der Waals surface area contributed by atoms with Crippen molar-refractivity contribution in [2.75, 3.05) is 11.9 Å². The quantitative estimate of drug-likeness (QED) is 0.654. The number of halogens is 1. The number of hydrogen-bond donors (Lipinski definition) is 3. The van der Waals surface area contributed by atoms with Gasteiger partial charge in [-0.05, 0) is 17.5 Å². The number of aromatic nitrogens is 2. The fourth-order valence-corrected chi connectivity index (χ4v) is 2.74. The van der Waals surface area contributed by atoms with Gasteiger partial charge in [0, 0.05) is 24.6 Å². The number of carbonyl (C=O) groups is 1. The van der Waals surface area contributed by atoms with Gasteiger partial charge >= 0.3 is 5.69 Å². The van der Waals surface area contributed by atoms with Gasteiger partial charge in [0.25, 0.3) is 0 Å². The molecule has 24 heavy (non-hydrogen) atoms. The summed E-state index contributed by atoms with van der Waals surface area (Å²) in [4.78, 5) is 29.5. The lowest BCUT2D eigenvalue weighted by atomic mass is 10.2. The van der Waals surface area contributed by atoms with Gasteiger partial charge in [0.2, 0.25) is 5.91 Å². The summed E-state index contributed by atoms with van der Waals surface area (Å²) in [5, 5.41) is 21.6. The first-order chi connectivity index (χ1) is 11.5. The first-order valence-electron chi connectivity index (χ1n) is 7.64. The summed E-state index contributed by atoms with van der Waals surface area (Å²) in [7, 11) is 0. The smallest absolute Gasteiger partial charge is 0.351 e. The molecule has 0 bridgehead atoms. The average Bonchev–Trinajstić information content (AvgIpc) is 2.91. The number of aliphatic hydroxyl groups excluding tert-OH is 2. The Balaban J connectivity index is 2.33. The molecule has 0 aromatic carbocycles. The van der Waals surface area contributed by atoms with E-state index < -0.39 is 24.1 Å². The Morgan fingerprint density at radius 3 is 2.96 bits per heavy atom. The number of ether oxygens (including phenoxy) is 1. The number of nitrogens with one attached hydrogen (secondary N) is 1. The second kappa shape index (κ2) is 8.52. The third-order valence-electron chi connectivity index (χ3n) is 3.65. The van der Waals surface area contributed by atoms with Crippen molar-refractivity contribution in [1.29, 1.82) is 0 Å². The van der Waals surface area contributed by atoms with Crippen molar-refractivity contribution in [3.8, 4) is 0 Å². The van der Waals surface area contributed by atoms with E-state index >= 15 is 0 Å². The number of nitrogens with zero attached hydrogens (tertiary/aromatic N) is 2. The maximum absolute atomic E-state index is 12.3. The molecule has 1 saturated heterocycles. The van der Waals surface area contributed by atoms with Crippen LogP contribution >= 0.6 is 15.9 Å². The van der Waals surface area contributed by atoms with E-state index in [9.17, 15) is 14.7 Å². The summed E-state index contributed by atoms with van der Waals surface area (Å²) in [5.74, 6) is -0.0538. The highest BCUT2D eigenvalue weighted by Crippen LogP contribution is 2.28. The van der Waals surface area contributed by atoms with Gasteiger partial charge in [0.05, 0.1) is 12.7 Å². The fraction of sp³-hybridized carbons (Fsp3) is 0.533. The second-order valence-electron chi connectivity index (χ2n) is 5.44. The first kappa shape index (κ1) is 18.8. The van der Waals surface area contributed by atoms with E-state index in [-0.39, 0.29) is 24.8 Å². The van der Waals surface area contributed by atoms with Gasteiger partial charge in [0.1, 0.15) is 18.1 Å². The van der Waals surface area contributed by atoms with Gasteiger partial charge in [-0.3, -0.25) is 9.36 Å². The van der Waals surface area contributed by atoms with E-state index in [0.717, 1.165) is 0 Å². The van der Waals surface area contributed by atoms with Crippen LogP contribution in [-0.2, 0) is 9.53 Å². The van der Waals surface area contributed by atoms with Crippen LogP contribution < -0.4 is 11.0 Å². The van der Waals surface area contributed by atoms with E-state index in [1.54, 1.807) is 11.1 Å². The lowest BCUT2D eigenvalue weighted by Gasteiger charge is -2.16. The molecule has 132 valence electrons. The van der Waals surface area contributed by atoms with Crippen LogP contribution in [0.5, 0.6) is 0 Å². The maximum atomic E-state index is 12.3. The van der Waals surface area contributed by atoms with Crippen LogP contribution in [0.15, 0.2) is 16.0 Å². The van der Waals surface area contributed by atoms with Crippen molar-refractivity contribution in [2.45, 2.75) is 44.6 Å². The zero-order chi connectivity index (χ0) is 17.7. The van der Waals surface area contributed by atoms with Gasteiger partial charge in [-0.15, -0.1) is 0 Å². The zero-order valence-electron chi connectivity index (χ0n) is 13.2. The Morgan fingerprint density at radius 1 is 1.62 bits per heavy atom. The topological polar surface area (TPSA) is 114 Å². The summed E-state index contributed by atoms with van der Waals surface area (Å²) in [6.45, 7) is 1.55. The van der Waals surface area contributed by atoms with E-state index in [1.807, 2.05) is 6.92 Å². The number of hydrogen-bond acceptors (Lipinski definition) is 6. The molecular weight excluding hydrogens is 382 g/mol. The Kier molecular flexibility index (Phi) is 6.67. The SMILES string of the molecule is CCCC(=O)Nc1nc(=O)n([C@H]2C[C@H](O)[C@@H](CO)O2)cc1/C=C/Br. The van der Waals surface area contributed by atoms with Crippen molar-refractivity contribution in [3.63, 3.8) is 0 Å². The Hall–Kier alpha value is -1.55. The molecule has 1 amide bonds. The van der Waals surface area contributed by atoms with E-state index in [0.29, 0.717) is 18.4 Å². The van der Waals surface area contributed by atoms with Crippen LogP contribution in [0.1, 0.15) is 38.0 Å². The van der Waals surface area contributed by atoms with E-state index in [1.165, 1.54) is 10.8 Å². The van der Waals surface area contributed by atoms with Crippen LogP contribution in [0.3, 0.4) is 0 Å². The molecule has 0 unspecified atom stereocenters. The lowest BCUT2D eigenvalue weighted by Crippen LogP contribution is -2.29. The molecule has 1 aliphatic heterocycles. The third-order valence-corrected chi connectivity index (χ3v) is 3.92. The average molecular weight is 402 g/mol. The van der Waals surface area contributed by atoms with Crippen molar-refractivity contribution in [2.24, 2.45) is 0 Å². The van der Waals surface area contributed by atoms with Gasteiger partial charge in [-0.1, -0.05) is 22.9 Å². The van der Waals surface area contributed by atoms with Crippen molar-refractivity contribution in [3.05, 3.63) is 27.2 Å². The number of amides is 1. The fourth-order valence-electron chi connectivity index (χ4n) is 2.45. The molecule has 2 heterocycles. The highest BCUT2D eigenvalue weighted by molar-refractivity contribution is 9.11. The van der Waals surface area contributed by atoms with Crippen LogP contribution in [0.2, 0.25) is 0 Å². The second-order valence-corrected chi connectivity index (χ2v) is 5.97. The van der Waals surface area contributed by atoms with Gasteiger partial charge < -0.3 is 20.3 Å². The Morgan fingerprint density at radius 2 is 2.38 bits per heavy atom. The highest BCUT2D eigenvalue weighted by Gasteiger charge is 2.35. The molecule has 0 radical (unpaired) electrons. The lowest BCUT2D eigenvalue weighted by molar-refractivity contribution is -0.116. The first-order valence-corrected chi connectivity index (χ1v) is 8.55. The summed E-state index contributed by atoms with van der Waals surface area (Å²) in [6, 6.07) is 0. The molecule has 3 atom stereocenters. The Bertz CT molecular complexity index is 676. The molecule has 1 aromatic rings. The molecule has 1 aromatic heterocycles. The summed E-state index contributed by atoms with van der Waals surface area (Å²) in [6.07, 6.45) is 2.02. The number of anilines is 1. The molecule has 9 heteroatoms. The minimum atomic E-state index is -0.856. The van der Waals surface area contributed by atoms with Crippen LogP contribution in [0.4, 0.5) is 5.82 Å².